The van der Waals surface area contributed by atoms with Gasteiger partial charge in [-0.25, -0.2) is 8.42 Å². The molecule has 7 nitrogen and oxygen atoms in total. The van der Waals surface area contributed by atoms with Gasteiger partial charge in [0.25, 0.3) is 5.91 Å². The number of rotatable bonds is 4. The van der Waals surface area contributed by atoms with Crippen LogP contribution in [0.3, 0.4) is 0 Å². The number of benzene rings is 1. The van der Waals surface area contributed by atoms with Crippen LogP contribution in [0.1, 0.15) is 43.0 Å². The molecule has 2 aliphatic carbocycles. The zero-order valence-electron chi connectivity index (χ0n) is 15.9. The lowest BCUT2D eigenvalue weighted by atomic mass is 9.76. The van der Waals surface area contributed by atoms with Gasteiger partial charge in [0.2, 0.25) is 0 Å². The van der Waals surface area contributed by atoms with E-state index >= 15 is 0 Å². The average molecular weight is 436 g/mol. The molecule has 1 amide bonds. The fraction of sp³-hybridized carbons (Fsp3) is 0.450. The van der Waals surface area contributed by atoms with Crippen LogP contribution >= 0.6 is 11.6 Å². The van der Waals surface area contributed by atoms with Gasteiger partial charge in [0.1, 0.15) is 0 Å². The zero-order valence-corrected chi connectivity index (χ0v) is 17.4. The van der Waals surface area contributed by atoms with Crippen molar-refractivity contribution in [2.24, 2.45) is 11.8 Å². The molecule has 9 heteroatoms. The van der Waals surface area contributed by atoms with Crippen molar-refractivity contribution in [3.8, 4) is 0 Å². The van der Waals surface area contributed by atoms with Gasteiger partial charge in [-0.05, 0) is 68.7 Å². The first kappa shape index (κ1) is 20.3. The topological polar surface area (TPSA) is 109 Å². The van der Waals surface area contributed by atoms with Gasteiger partial charge in [-0.1, -0.05) is 11.6 Å². The maximum absolute atomic E-state index is 13.4. The minimum atomic E-state index is -3.74. The van der Waals surface area contributed by atoms with Crippen molar-refractivity contribution in [1.29, 1.82) is 0 Å². The summed E-state index contributed by atoms with van der Waals surface area (Å²) in [6, 6.07) is 5.83. The number of halogens is 1. The molecule has 154 valence electrons. The van der Waals surface area contributed by atoms with Gasteiger partial charge < -0.3 is 10.4 Å². The number of fused-ring (bicyclic) bond motifs is 2. The molecule has 2 aromatic rings. The molecule has 0 radical (unpaired) electrons. The number of anilines is 1. The van der Waals surface area contributed by atoms with Crippen molar-refractivity contribution in [2.75, 3.05) is 5.32 Å². The highest BCUT2D eigenvalue weighted by Crippen LogP contribution is 2.51. The predicted octanol–water partition coefficient (Wildman–Crippen LogP) is 3.10. The van der Waals surface area contributed by atoms with Crippen LogP contribution in [0, 0.1) is 11.8 Å². The van der Waals surface area contributed by atoms with Crippen LogP contribution in [0.2, 0.25) is 5.02 Å². The fourth-order valence-corrected chi connectivity index (χ4v) is 7.03. The normalized spacial score (nSPS) is 28.9. The summed E-state index contributed by atoms with van der Waals surface area (Å²) in [5.41, 5.74) is -0.165. The molecule has 0 spiro atoms. The van der Waals surface area contributed by atoms with E-state index in [4.69, 9.17) is 11.6 Å². The van der Waals surface area contributed by atoms with Gasteiger partial charge >= 0.3 is 0 Å². The van der Waals surface area contributed by atoms with Crippen molar-refractivity contribution in [3.63, 3.8) is 0 Å². The number of amides is 1. The molecule has 0 saturated heterocycles. The number of hydrogen-bond acceptors (Lipinski definition) is 6. The SMILES string of the molecule is CC1(O)C2CC[C@H]1CC(S(=O)(=O)c1cc(C(=O)Nc3ccnnc3)ccc1Cl)C2. The number of nitrogens with one attached hydrogen (secondary N) is 1. The lowest BCUT2D eigenvalue weighted by Gasteiger charge is -2.40. The molecule has 2 fully saturated rings. The summed E-state index contributed by atoms with van der Waals surface area (Å²) in [4.78, 5) is 12.5. The molecule has 2 saturated carbocycles. The Kier molecular flexibility index (Phi) is 5.13. The first-order valence-electron chi connectivity index (χ1n) is 9.53. The lowest BCUT2D eigenvalue weighted by Crippen LogP contribution is -2.45. The molecule has 2 bridgehead atoms. The van der Waals surface area contributed by atoms with E-state index in [0.717, 1.165) is 12.8 Å². The summed E-state index contributed by atoms with van der Waals surface area (Å²) in [5.74, 6) is -0.534. The Labute approximate surface area is 174 Å². The van der Waals surface area contributed by atoms with Gasteiger partial charge in [-0.2, -0.15) is 10.2 Å². The first-order valence-corrected chi connectivity index (χ1v) is 11.5. The smallest absolute Gasteiger partial charge is 0.255 e. The maximum Gasteiger partial charge on any atom is 0.255 e. The fourth-order valence-electron chi connectivity index (χ4n) is 4.63. The second-order valence-corrected chi connectivity index (χ2v) is 10.7. The predicted molar refractivity (Wildman–Crippen MR) is 108 cm³/mol. The van der Waals surface area contributed by atoms with Crippen LogP contribution in [-0.4, -0.2) is 40.5 Å². The van der Waals surface area contributed by atoms with Gasteiger partial charge in [0, 0.05) is 5.56 Å². The van der Waals surface area contributed by atoms with Crippen molar-refractivity contribution in [3.05, 3.63) is 47.2 Å². The Morgan fingerprint density at radius 1 is 1.21 bits per heavy atom. The highest BCUT2D eigenvalue weighted by molar-refractivity contribution is 7.92. The van der Waals surface area contributed by atoms with Crippen molar-refractivity contribution >= 4 is 33.0 Å². The summed E-state index contributed by atoms with van der Waals surface area (Å²) < 4.78 is 26.7. The molecule has 2 N–H and O–H groups in total. The zero-order chi connectivity index (χ0) is 20.8. The van der Waals surface area contributed by atoms with E-state index in [0.29, 0.717) is 18.5 Å². The molecule has 0 aliphatic heterocycles. The quantitative estimate of drug-likeness (QED) is 0.763. The Morgan fingerprint density at radius 2 is 1.90 bits per heavy atom. The molecule has 3 unspecified atom stereocenters. The second-order valence-electron chi connectivity index (χ2n) is 8.07. The van der Waals surface area contributed by atoms with Gasteiger partial charge in [-0.3, -0.25) is 4.79 Å². The Balaban J connectivity index is 1.61. The molecule has 1 heterocycles. The molecular weight excluding hydrogens is 414 g/mol. The highest BCUT2D eigenvalue weighted by Gasteiger charge is 2.53. The van der Waals surface area contributed by atoms with Crippen LogP contribution in [0.5, 0.6) is 0 Å². The average Bonchev–Trinajstić information content (AvgIpc) is 2.86. The molecule has 29 heavy (non-hydrogen) atoms. The number of aromatic nitrogens is 2. The lowest BCUT2D eigenvalue weighted by molar-refractivity contribution is -0.0413. The molecule has 4 rings (SSSR count). The Morgan fingerprint density at radius 3 is 2.52 bits per heavy atom. The van der Waals surface area contributed by atoms with Gasteiger partial charge in [-0.15, -0.1) is 0 Å². The summed E-state index contributed by atoms with van der Waals surface area (Å²) in [6.07, 6.45) is 5.32. The van der Waals surface area contributed by atoms with Gasteiger partial charge in [0.15, 0.2) is 9.84 Å². The monoisotopic (exact) mass is 435 g/mol. The number of nitrogens with zero attached hydrogens (tertiary/aromatic N) is 2. The first-order chi connectivity index (χ1) is 13.7. The standard InChI is InChI=1S/C20H22ClN3O4S/c1-20(26)13-3-4-14(20)10-16(9-13)29(27,28)18-8-12(2-5-17(18)21)19(25)24-15-6-7-22-23-11-15/h2,5-8,11,13-14,16,26H,3-4,9-10H2,1H3,(H,22,24,25)/t13-,14?,16?,20?/m0/s1. The van der Waals surface area contributed by atoms with Crippen LogP contribution in [0.4, 0.5) is 5.69 Å². The van der Waals surface area contributed by atoms with Crippen molar-refractivity contribution in [2.45, 2.75) is 48.4 Å². The summed E-state index contributed by atoms with van der Waals surface area (Å²) in [5, 5.41) is 20.1. The largest absolute Gasteiger partial charge is 0.390 e. The molecule has 4 atom stereocenters. The number of aliphatic hydroxyl groups is 1. The summed E-state index contributed by atoms with van der Waals surface area (Å²) in [7, 11) is -3.74. The van der Waals surface area contributed by atoms with E-state index in [2.05, 4.69) is 15.5 Å². The van der Waals surface area contributed by atoms with E-state index in [1.165, 1.54) is 30.6 Å². The van der Waals surface area contributed by atoms with E-state index in [1.54, 1.807) is 6.07 Å². The highest BCUT2D eigenvalue weighted by atomic mass is 35.5. The van der Waals surface area contributed by atoms with Crippen molar-refractivity contribution < 1.29 is 18.3 Å². The number of hydrogen-bond donors (Lipinski definition) is 2. The number of carbonyl (C=O) groups is 1. The Bertz CT molecular complexity index is 1030. The third-order valence-electron chi connectivity index (χ3n) is 6.39. The minimum absolute atomic E-state index is 0.0365. The van der Waals surface area contributed by atoms with E-state index < -0.39 is 26.6 Å². The number of sulfone groups is 1. The Hall–Kier alpha value is -2.03. The van der Waals surface area contributed by atoms with Crippen LogP contribution < -0.4 is 5.32 Å². The van der Waals surface area contributed by atoms with E-state index in [-0.39, 0.29) is 27.3 Å². The minimum Gasteiger partial charge on any atom is -0.390 e. The van der Waals surface area contributed by atoms with Crippen LogP contribution in [0.25, 0.3) is 0 Å². The van der Waals surface area contributed by atoms with Crippen molar-refractivity contribution in [1.82, 2.24) is 10.2 Å². The van der Waals surface area contributed by atoms with E-state index in [1.807, 2.05) is 6.92 Å². The number of carbonyl (C=O) groups excluding carboxylic acids is 1. The summed E-state index contributed by atoms with van der Waals surface area (Å²) >= 11 is 6.23. The molecular formula is C20H22ClN3O4S. The van der Waals surface area contributed by atoms with Gasteiger partial charge in [0.05, 0.1) is 38.9 Å². The molecule has 2 aliphatic rings. The van der Waals surface area contributed by atoms with Crippen LogP contribution in [0.15, 0.2) is 41.6 Å². The van der Waals surface area contributed by atoms with E-state index in [9.17, 15) is 18.3 Å². The second kappa shape index (κ2) is 7.34. The van der Waals surface area contributed by atoms with Crippen LogP contribution in [-0.2, 0) is 9.84 Å². The third kappa shape index (κ3) is 3.65. The molecule has 1 aromatic heterocycles. The molecule has 1 aromatic carbocycles. The maximum atomic E-state index is 13.4. The third-order valence-corrected chi connectivity index (χ3v) is 9.05. The summed E-state index contributed by atoms with van der Waals surface area (Å²) in [6.45, 7) is 1.81.